The second-order valence-electron chi connectivity index (χ2n) is 3.69. The molecule has 2 aromatic rings. The van der Waals surface area contributed by atoms with Crippen LogP contribution in [-0.2, 0) is 6.61 Å². The third-order valence-electron chi connectivity index (χ3n) is 2.31. The fraction of sp³-hybridized carbons (Fsp3) is 0.200. The molecule has 19 heavy (non-hydrogen) atoms. The maximum atomic E-state index is 5.69. The molecule has 0 aliphatic carbocycles. The van der Waals surface area contributed by atoms with E-state index in [4.69, 9.17) is 16.3 Å². The van der Waals surface area contributed by atoms with Gasteiger partial charge in [0.2, 0.25) is 0 Å². The molecule has 0 saturated carbocycles. The first-order valence-corrected chi connectivity index (χ1v) is 6.46. The van der Waals surface area contributed by atoms with Crippen molar-refractivity contribution in [2.45, 2.75) is 13.0 Å². The first-order chi connectivity index (χ1) is 9.40. The molecule has 3 nitrogen and oxygen atoms in total. The van der Waals surface area contributed by atoms with Crippen molar-refractivity contribution in [1.29, 1.82) is 0 Å². The Morgan fingerprint density at radius 2 is 1.89 bits per heavy atom. The molecule has 0 aliphatic heterocycles. The molecule has 1 aromatic carbocycles. The lowest BCUT2D eigenvalue weighted by Crippen LogP contribution is -2.01. The van der Waals surface area contributed by atoms with Crippen molar-refractivity contribution in [3.8, 4) is 17.6 Å². The predicted octanol–water partition coefficient (Wildman–Crippen LogP) is 3.04. The number of aromatic nitrogens is 2. The lowest BCUT2D eigenvalue weighted by atomic mass is 10.2. The van der Waals surface area contributed by atoms with Gasteiger partial charge in [0.15, 0.2) is 5.82 Å². The smallest absolute Gasteiger partial charge is 0.166 e. The van der Waals surface area contributed by atoms with E-state index in [-0.39, 0.29) is 0 Å². The summed E-state index contributed by atoms with van der Waals surface area (Å²) < 4.78 is 5.69. The number of benzene rings is 1. The van der Waals surface area contributed by atoms with Crippen molar-refractivity contribution in [2.24, 2.45) is 0 Å². The van der Waals surface area contributed by atoms with Gasteiger partial charge in [-0.3, -0.25) is 0 Å². The highest BCUT2D eigenvalue weighted by Gasteiger charge is 2.01. The van der Waals surface area contributed by atoms with Gasteiger partial charge in [0.25, 0.3) is 0 Å². The number of hydrogen-bond donors (Lipinski definition) is 0. The van der Waals surface area contributed by atoms with Crippen LogP contribution in [0.15, 0.2) is 42.7 Å². The molecule has 0 aliphatic rings. The summed E-state index contributed by atoms with van der Waals surface area (Å²) >= 11 is 5.60. The van der Waals surface area contributed by atoms with Crippen molar-refractivity contribution < 1.29 is 4.74 Å². The van der Waals surface area contributed by atoms with Gasteiger partial charge in [-0.25, -0.2) is 9.97 Å². The first kappa shape index (κ1) is 13.4. The molecule has 0 bridgehead atoms. The number of ether oxygens (including phenoxy) is 1. The van der Waals surface area contributed by atoms with Crippen LogP contribution >= 0.6 is 11.6 Å². The van der Waals surface area contributed by atoms with Gasteiger partial charge in [-0.2, -0.15) is 0 Å². The first-order valence-electron chi connectivity index (χ1n) is 5.92. The molecule has 0 spiro atoms. The summed E-state index contributed by atoms with van der Waals surface area (Å²) in [6.07, 6.45) is 4.05. The highest BCUT2D eigenvalue weighted by molar-refractivity contribution is 6.18. The summed E-state index contributed by atoms with van der Waals surface area (Å²) in [4.78, 5) is 8.22. The van der Waals surface area contributed by atoms with Gasteiger partial charge in [0.05, 0.1) is 5.56 Å². The Labute approximate surface area is 117 Å². The van der Waals surface area contributed by atoms with Gasteiger partial charge in [-0.05, 0) is 18.2 Å². The van der Waals surface area contributed by atoms with Gasteiger partial charge in [-0.15, -0.1) is 11.6 Å². The third kappa shape index (κ3) is 4.27. The largest absolute Gasteiger partial charge is 0.484 e. The average Bonchev–Trinajstić information content (AvgIpc) is 2.48. The lowest BCUT2D eigenvalue weighted by Gasteiger charge is -2.06. The number of halogens is 1. The van der Waals surface area contributed by atoms with E-state index in [0.29, 0.717) is 24.7 Å². The number of alkyl halides is 1. The summed E-state index contributed by atoms with van der Waals surface area (Å²) in [5.41, 5.74) is 0.851. The molecule has 0 radical (unpaired) electrons. The maximum absolute atomic E-state index is 5.69. The van der Waals surface area contributed by atoms with Crippen LogP contribution in [0.1, 0.15) is 17.8 Å². The van der Waals surface area contributed by atoms with Crippen molar-refractivity contribution in [3.05, 3.63) is 54.1 Å². The fourth-order valence-corrected chi connectivity index (χ4v) is 1.54. The lowest BCUT2D eigenvalue weighted by molar-refractivity contribution is 0.295. The van der Waals surface area contributed by atoms with E-state index in [1.165, 1.54) is 0 Å². The van der Waals surface area contributed by atoms with Gasteiger partial charge in [-0.1, -0.05) is 24.0 Å². The Morgan fingerprint density at radius 1 is 1.11 bits per heavy atom. The van der Waals surface area contributed by atoms with Gasteiger partial charge < -0.3 is 4.74 Å². The zero-order valence-corrected chi connectivity index (χ0v) is 11.1. The second kappa shape index (κ2) is 7.40. The second-order valence-corrected chi connectivity index (χ2v) is 4.07. The molecule has 0 atom stereocenters. The van der Waals surface area contributed by atoms with Gasteiger partial charge in [0, 0.05) is 24.7 Å². The molecule has 96 valence electrons. The van der Waals surface area contributed by atoms with Crippen LogP contribution in [0.3, 0.4) is 0 Å². The highest BCUT2D eigenvalue weighted by atomic mass is 35.5. The molecule has 0 N–H and O–H groups in total. The number of rotatable bonds is 4. The molecule has 0 saturated heterocycles. The Balaban J connectivity index is 2.06. The summed E-state index contributed by atoms with van der Waals surface area (Å²) in [7, 11) is 0. The molecule has 1 heterocycles. The van der Waals surface area contributed by atoms with E-state index >= 15 is 0 Å². The number of nitrogens with zero attached hydrogens (tertiary/aromatic N) is 2. The van der Waals surface area contributed by atoms with Crippen molar-refractivity contribution >= 4 is 11.6 Å². The third-order valence-corrected chi connectivity index (χ3v) is 2.49. The maximum Gasteiger partial charge on any atom is 0.166 e. The zero-order valence-electron chi connectivity index (χ0n) is 10.3. The Bertz CT molecular complexity index is 575. The van der Waals surface area contributed by atoms with Crippen LogP contribution in [-0.4, -0.2) is 15.8 Å². The van der Waals surface area contributed by atoms with Crippen LogP contribution < -0.4 is 4.74 Å². The predicted molar refractivity (Wildman–Crippen MR) is 75.0 cm³/mol. The Morgan fingerprint density at radius 3 is 2.68 bits per heavy atom. The molecule has 1 aromatic heterocycles. The molecule has 0 amide bonds. The van der Waals surface area contributed by atoms with Crippen LogP contribution in [0, 0.1) is 11.8 Å². The van der Waals surface area contributed by atoms with Crippen LogP contribution in [0.5, 0.6) is 5.75 Å². The van der Waals surface area contributed by atoms with Gasteiger partial charge >= 0.3 is 0 Å². The molecule has 0 fully saturated rings. The normalized spacial score (nSPS) is 9.53. The minimum atomic E-state index is 0.328. The monoisotopic (exact) mass is 272 g/mol. The van der Waals surface area contributed by atoms with E-state index in [9.17, 15) is 0 Å². The van der Waals surface area contributed by atoms with Crippen LogP contribution in [0.4, 0.5) is 0 Å². The summed E-state index contributed by atoms with van der Waals surface area (Å²) in [5.74, 6) is 7.96. The zero-order chi connectivity index (χ0) is 13.3. The molecule has 0 unspecified atom stereocenters. The molecular formula is C15H13ClN2O. The van der Waals surface area contributed by atoms with Crippen molar-refractivity contribution in [1.82, 2.24) is 9.97 Å². The summed E-state index contributed by atoms with van der Waals surface area (Å²) in [6.45, 7) is 0.328. The van der Waals surface area contributed by atoms with E-state index in [2.05, 4.69) is 21.8 Å². The number of para-hydroxylation sites is 1. The Kier molecular flexibility index (Phi) is 5.21. The average molecular weight is 273 g/mol. The topological polar surface area (TPSA) is 35.0 Å². The van der Waals surface area contributed by atoms with Crippen LogP contribution in [0.25, 0.3) is 0 Å². The minimum absolute atomic E-state index is 0.328. The minimum Gasteiger partial charge on any atom is -0.484 e. The standard InChI is InChI=1S/C15H13ClN2O/c16-9-4-3-7-13-6-1-2-8-14(13)19-12-15-17-10-5-11-18-15/h1-2,5-6,8,10-11H,4,9,12H2. The van der Waals surface area contributed by atoms with E-state index in [1.54, 1.807) is 18.5 Å². The quantitative estimate of drug-likeness (QED) is 0.634. The van der Waals surface area contributed by atoms with Gasteiger partial charge in [0.1, 0.15) is 12.4 Å². The van der Waals surface area contributed by atoms with Crippen molar-refractivity contribution in [3.63, 3.8) is 0 Å². The van der Waals surface area contributed by atoms with E-state index in [1.807, 2.05) is 24.3 Å². The SMILES string of the molecule is ClCCC#Cc1ccccc1OCc1ncccn1. The molecular weight excluding hydrogens is 260 g/mol. The summed E-state index contributed by atoms with van der Waals surface area (Å²) in [5, 5.41) is 0. The van der Waals surface area contributed by atoms with E-state index < -0.39 is 0 Å². The molecule has 4 heteroatoms. The highest BCUT2D eigenvalue weighted by Crippen LogP contribution is 2.17. The van der Waals surface area contributed by atoms with E-state index in [0.717, 1.165) is 11.3 Å². The molecule has 2 rings (SSSR count). The number of hydrogen-bond acceptors (Lipinski definition) is 3. The van der Waals surface area contributed by atoms with Crippen molar-refractivity contribution in [2.75, 3.05) is 5.88 Å². The summed E-state index contributed by atoms with van der Waals surface area (Å²) in [6, 6.07) is 9.41. The van der Waals surface area contributed by atoms with Crippen LogP contribution in [0.2, 0.25) is 0 Å². The fourth-order valence-electron chi connectivity index (χ4n) is 1.45. The Hall–Kier alpha value is -2.05.